The van der Waals surface area contributed by atoms with Crippen molar-refractivity contribution in [3.63, 3.8) is 0 Å². The zero-order valence-corrected chi connectivity index (χ0v) is 30.7. The Kier molecular flexibility index (Phi) is 12.8. The highest BCUT2D eigenvalue weighted by atomic mass is 35.5. The molecule has 1 atom stereocenters. The van der Waals surface area contributed by atoms with Crippen LogP contribution in [0.2, 0.25) is 5.02 Å². The Hall–Kier alpha value is -4.74. The van der Waals surface area contributed by atoms with Crippen LogP contribution in [0.1, 0.15) is 43.7 Å². The van der Waals surface area contributed by atoms with Gasteiger partial charge >= 0.3 is 0 Å². The molecule has 2 amide bonds. The average Bonchev–Trinajstić information content (AvgIpc) is 3.65. The molecule has 0 radical (unpaired) electrons. The summed E-state index contributed by atoms with van der Waals surface area (Å²) in [6.45, 7) is 1.69. The second kappa shape index (κ2) is 17.5. The van der Waals surface area contributed by atoms with E-state index in [1.807, 2.05) is 43.3 Å². The number of nitrogens with zero attached hydrogens (tertiary/aromatic N) is 2. The van der Waals surface area contributed by atoms with Crippen LogP contribution in [0.15, 0.2) is 102 Å². The molecule has 5 rings (SSSR count). The first-order chi connectivity index (χ1) is 24.6. The van der Waals surface area contributed by atoms with E-state index in [0.29, 0.717) is 28.7 Å². The molecule has 10 nitrogen and oxygen atoms in total. The van der Waals surface area contributed by atoms with E-state index in [2.05, 4.69) is 5.32 Å². The van der Waals surface area contributed by atoms with Crippen molar-refractivity contribution in [1.82, 2.24) is 10.2 Å². The SMILES string of the molecule is CCOc1ccc(N(CC(=O)N(Cc2cccc(Cl)c2)[C@@H](Cc2ccccc2)C(=O)NC2CCCC2)S(=O)(=O)c2ccc(OC)c(OC)c2)cc1. The molecule has 4 aromatic carbocycles. The van der Waals surface area contributed by atoms with Gasteiger partial charge in [-0.15, -0.1) is 0 Å². The maximum atomic E-state index is 14.8. The number of rotatable bonds is 16. The first kappa shape index (κ1) is 37.5. The fraction of sp³-hybridized carbons (Fsp3) is 0.333. The fourth-order valence-corrected chi connectivity index (χ4v) is 7.90. The summed E-state index contributed by atoms with van der Waals surface area (Å²) in [6, 6.07) is 26.3. The predicted octanol–water partition coefficient (Wildman–Crippen LogP) is 6.65. The van der Waals surface area contributed by atoms with Gasteiger partial charge in [0.25, 0.3) is 10.0 Å². The number of carbonyl (C=O) groups excluding carboxylic acids is 2. The van der Waals surface area contributed by atoms with E-state index in [4.69, 9.17) is 25.8 Å². The maximum absolute atomic E-state index is 14.8. The average molecular weight is 734 g/mol. The van der Waals surface area contributed by atoms with Gasteiger partial charge in [0, 0.05) is 30.1 Å². The number of benzene rings is 4. The molecule has 1 fully saturated rings. The molecule has 0 saturated heterocycles. The van der Waals surface area contributed by atoms with E-state index < -0.39 is 28.5 Å². The van der Waals surface area contributed by atoms with Gasteiger partial charge in [-0.1, -0.05) is 66.9 Å². The predicted molar refractivity (Wildman–Crippen MR) is 198 cm³/mol. The minimum Gasteiger partial charge on any atom is -0.494 e. The molecular formula is C39H44ClN3O7S. The molecule has 0 aliphatic heterocycles. The highest BCUT2D eigenvalue weighted by Gasteiger charge is 2.36. The van der Waals surface area contributed by atoms with Gasteiger partial charge in [-0.2, -0.15) is 0 Å². The maximum Gasteiger partial charge on any atom is 0.264 e. The molecule has 1 N–H and O–H groups in total. The topological polar surface area (TPSA) is 114 Å². The van der Waals surface area contributed by atoms with Crippen LogP contribution in [-0.4, -0.2) is 64.6 Å². The molecule has 0 unspecified atom stereocenters. The van der Waals surface area contributed by atoms with Crippen LogP contribution in [-0.2, 0) is 32.6 Å². The van der Waals surface area contributed by atoms with Crippen LogP contribution < -0.4 is 23.8 Å². The Bertz CT molecular complexity index is 1880. The largest absolute Gasteiger partial charge is 0.494 e. The summed E-state index contributed by atoms with van der Waals surface area (Å²) in [5, 5.41) is 3.66. The summed E-state index contributed by atoms with van der Waals surface area (Å²) < 4.78 is 46.5. The van der Waals surface area contributed by atoms with Crippen LogP contribution in [0.5, 0.6) is 17.2 Å². The van der Waals surface area contributed by atoms with E-state index in [1.165, 1.54) is 37.3 Å². The van der Waals surface area contributed by atoms with E-state index in [9.17, 15) is 18.0 Å². The third-order valence-electron chi connectivity index (χ3n) is 8.87. The number of nitrogens with one attached hydrogen (secondary N) is 1. The first-order valence-corrected chi connectivity index (χ1v) is 18.8. The Morgan fingerprint density at radius 2 is 1.55 bits per heavy atom. The van der Waals surface area contributed by atoms with Crippen LogP contribution in [0.3, 0.4) is 0 Å². The lowest BCUT2D eigenvalue weighted by molar-refractivity contribution is -0.140. The van der Waals surface area contributed by atoms with Crippen LogP contribution in [0.4, 0.5) is 5.69 Å². The van der Waals surface area contributed by atoms with Gasteiger partial charge in [-0.3, -0.25) is 13.9 Å². The van der Waals surface area contributed by atoms with E-state index in [-0.39, 0.29) is 41.2 Å². The van der Waals surface area contributed by atoms with Crippen molar-refractivity contribution in [2.45, 2.75) is 62.6 Å². The van der Waals surface area contributed by atoms with Gasteiger partial charge < -0.3 is 24.4 Å². The van der Waals surface area contributed by atoms with Crippen molar-refractivity contribution in [3.8, 4) is 17.2 Å². The molecule has 0 bridgehead atoms. The normalized spacial score (nSPS) is 13.6. The van der Waals surface area contributed by atoms with Gasteiger partial charge in [0.05, 0.1) is 31.4 Å². The van der Waals surface area contributed by atoms with E-state index in [0.717, 1.165) is 35.6 Å². The van der Waals surface area contributed by atoms with Gasteiger partial charge in [0.2, 0.25) is 11.8 Å². The number of carbonyl (C=O) groups is 2. The summed E-state index contributed by atoms with van der Waals surface area (Å²) in [7, 11) is -1.51. The van der Waals surface area contributed by atoms with Gasteiger partial charge in [-0.25, -0.2) is 8.42 Å². The lowest BCUT2D eigenvalue weighted by atomic mass is 10.0. The second-order valence-electron chi connectivity index (χ2n) is 12.3. The molecule has 0 spiro atoms. The summed E-state index contributed by atoms with van der Waals surface area (Å²) in [6.07, 6.45) is 3.98. The Morgan fingerprint density at radius 1 is 0.863 bits per heavy atom. The van der Waals surface area contributed by atoms with Gasteiger partial charge in [0.15, 0.2) is 11.5 Å². The zero-order valence-electron chi connectivity index (χ0n) is 29.1. The number of hydrogen-bond donors (Lipinski definition) is 1. The van der Waals surface area contributed by atoms with Crippen LogP contribution in [0, 0.1) is 0 Å². The van der Waals surface area contributed by atoms with Crippen molar-refractivity contribution in [2.75, 3.05) is 31.7 Å². The summed E-state index contributed by atoms with van der Waals surface area (Å²) >= 11 is 6.37. The lowest BCUT2D eigenvalue weighted by Gasteiger charge is -2.34. The third-order valence-corrected chi connectivity index (χ3v) is 10.9. The lowest BCUT2D eigenvalue weighted by Crippen LogP contribution is -2.54. The molecular weight excluding hydrogens is 690 g/mol. The standard InChI is InChI=1S/C39H44ClN3O7S/c1-4-50-33-19-17-32(18-20-33)43(51(46,47)34-21-22-36(48-2)37(25-34)49-3)27-38(44)42(26-29-13-10-14-30(40)23-29)35(24-28-11-6-5-7-12-28)39(45)41-31-15-8-9-16-31/h5-7,10-14,17-23,25,31,35H,4,8-9,15-16,24,26-27H2,1-3H3,(H,41,45)/t35-/m0/s1. The molecule has 0 heterocycles. The van der Waals surface area contributed by atoms with Crippen molar-refractivity contribution in [2.24, 2.45) is 0 Å². The molecule has 4 aromatic rings. The summed E-state index contributed by atoms with van der Waals surface area (Å²) in [4.78, 5) is 30.4. The zero-order chi connectivity index (χ0) is 36.4. The monoisotopic (exact) mass is 733 g/mol. The van der Waals surface area contributed by atoms with Gasteiger partial charge in [0.1, 0.15) is 18.3 Å². The quantitative estimate of drug-likeness (QED) is 0.137. The molecule has 0 aromatic heterocycles. The molecule has 1 aliphatic carbocycles. The minimum absolute atomic E-state index is 0.00433. The third kappa shape index (κ3) is 9.53. The Labute approximate surface area is 305 Å². The number of anilines is 1. The van der Waals surface area contributed by atoms with Crippen molar-refractivity contribution in [3.05, 3.63) is 113 Å². The van der Waals surface area contributed by atoms with Crippen molar-refractivity contribution < 1.29 is 32.2 Å². The van der Waals surface area contributed by atoms with E-state index in [1.54, 1.807) is 42.5 Å². The van der Waals surface area contributed by atoms with Crippen LogP contribution >= 0.6 is 11.6 Å². The van der Waals surface area contributed by atoms with Gasteiger partial charge in [-0.05, 0) is 79.4 Å². The Balaban J connectivity index is 1.59. The Morgan fingerprint density at radius 3 is 2.20 bits per heavy atom. The molecule has 1 saturated carbocycles. The number of methoxy groups -OCH3 is 2. The molecule has 12 heteroatoms. The van der Waals surface area contributed by atoms with Crippen LogP contribution in [0.25, 0.3) is 0 Å². The number of amides is 2. The minimum atomic E-state index is -4.38. The number of sulfonamides is 1. The number of hydrogen-bond acceptors (Lipinski definition) is 7. The highest BCUT2D eigenvalue weighted by Crippen LogP contribution is 2.33. The molecule has 51 heavy (non-hydrogen) atoms. The van der Waals surface area contributed by atoms with E-state index >= 15 is 0 Å². The smallest absolute Gasteiger partial charge is 0.264 e. The second-order valence-corrected chi connectivity index (χ2v) is 14.6. The fourth-order valence-electron chi connectivity index (χ4n) is 6.26. The molecule has 270 valence electrons. The number of halogens is 1. The van der Waals surface area contributed by atoms with Crippen molar-refractivity contribution >= 4 is 39.1 Å². The highest BCUT2D eigenvalue weighted by molar-refractivity contribution is 7.92. The number of ether oxygens (including phenoxy) is 3. The summed E-state index contributed by atoms with van der Waals surface area (Å²) in [5.74, 6) is 0.243. The summed E-state index contributed by atoms with van der Waals surface area (Å²) in [5.41, 5.74) is 1.78. The van der Waals surface area contributed by atoms with Crippen molar-refractivity contribution in [1.29, 1.82) is 0 Å². The molecule has 1 aliphatic rings. The first-order valence-electron chi connectivity index (χ1n) is 17.0.